The zero-order valence-electron chi connectivity index (χ0n) is 7.20. The molecule has 0 radical (unpaired) electrons. The largest absolute Gasteiger partial charge is 0.469 e. The molecule has 12 heavy (non-hydrogen) atoms. The number of carbonyl (C=O) groups excluding carboxylic acids is 2. The maximum absolute atomic E-state index is 11.0. The van der Waals surface area contributed by atoms with Crippen LogP contribution in [0.15, 0.2) is 0 Å². The Morgan fingerprint density at radius 2 is 2.42 bits per heavy atom. The van der Waals surface area contributed by atoms with E-state index in [0.29, 0.717) is 6.42 Å². The summed E-state index contributed by atoms with van der Waals surface area (Å²) in [5.74, 6) is -0.939. The second kappa shape index (κ2) is 3.56. The predicted octanol–water partition coefficient (Wildman–Crippen LogP) is 0.501. The van der Waals surface area contributed by atoms with Crippen LogP contribution >= 0.6 is 0 Å². The molecule has 0 aromatic carbocycles. The van der Waals surface area contributed by atoms with Gasteiger partial charge >= 0.3 is 11.9 Å². The molecule has 0 aromatic heterocycles. The van der Waals surface area contributed by atoms with E-state index >= 15 is 0 Å². The lowest BCUT2D eigenvalue weighted by atomic mass is 10.0. The number of rotatable bonds is 2. The van der Waals surface area contributed by atoms with Crippen molar-refractivity contribution in [2.45, 2.75) is 25.9 Å². The van der Waals surface area contributed by atoms with Gasteiger partial charge < -0.3 is 9.47 Å². The monoisotopic (exact) mass is 172 g/mol. The fraction of sp³-hybridized carbons (Fsp3) is 0.750. The lowest BCUT2D eigenvalue weighted by molar-refractivity contribution is -0.149. The van der Waals surface area contributed by atoms with Crippen LogP contribution in [-0.2, 0) is 19.1 Å². The van der Waals surface area contributed by atoms with E-state index in [9.17, 15) is 9.59 Å². The Labute approximate surface area is 70.8 Å². The minimum absolute atomic E-state index is 0.0628. The quantitative estimate of drug-likeness (QED) is 0.569. The Balaban J connectivity index is 2.43. The number of hydrogen-bond acceptors (Lipinski definition) is 4. The zero-order chi connectivity index (χ0) is 9.14. The lowest BCUT2D eigenvalue weighted by Gasteiger charge is -2.01. The SMILES string of the molecule is COC(=O)CC1CC(C)OC1=O. The third-order valence-electron chi connectivity index (χ3n) is 1.91. The van der Waals surface area contributed by atoms with Gasteiger partial charge in [0.05, 0.1) is 25.6 Å². The maximum Gasteiger partial charge on any atom is 0.309 e. The van der Waals surface area contributed by atoms with Crippen molar-refractivity contribution in [3.8, 4) is 0 Å². The van der Waals surface area contributed by atoms with Crippen LogP contribution in [0, 0.1) is 5.92 Å². The number of cyclic esters (lactones) is 1. The Morgan fingerprint density at radius 1 is 1.75 bits per heavy atom. The van der Waals surface area contributed by atoms with Crippen LogP contribution in [0.5, 0.6) is 0 Å². The van der Waals surface area contributed by atoms with E-state index in [-0.39, 0.29) is 30.4 Å². The summed E-state index contributed by atoms with van der Waals surface area (Å²) in [7, 11) is 1.31. The van der Waals surface area contributed by atoms with Crippen molar-refractivity contribution in [1.82, 2.24) is 0 Å². The van der Waals surface area contributed by atoms with Crippen molar-refractivity contribution in [2.24, 2.45) is 5.92 Å². The lowest BCUT2D eigenvalue weighted by Crippen LogP contribution is -2.14. The molecule has 0 N–H and O–H groups in total. The van der Waals surface area contributed by atoms with E-state index < -0.39 is 0 Å². The van der Waals surface area contributed by atoms with Crippen molar-refractivity contribution in [3.05, 3.63) is 0 Å². The van der Waals surface area contributed by atoms with Crippen molar-refractivity contribution < 1.29 is 19.1 Å². The summed E-state index contributed by atoms with van der Waals surface area (Å²) >= 11 is 0. The van der Waals surface area contributed by atoms with Gasteiger partial charge in [-0.3, -0.25) is 9.59 Å². The van der Waals surface area contributed by atoms with Crippen LogP contribution < -0.4 is 0 Å². The molecular formula is C8H12O4. The van der Waals surface area contributed by atoms with Crippen molar-refractivity contribution in [3.63, 3.8) is 0 Å². The van der Waals surface area contributed by atoms with Gasteiger partial charge in [0.25, 0.3) is 0 Å². The van der Waals surface area contributed by atoms with E-state index in [4.69, 9.17) is 4.74 Å². The summed E-state index contributed by atoms with van der Waals surface area (Å²) in [4.78, 5) is 21.8. The average Bonchev–Trinajstić information content (AvgIpc) is 2.30. The molecule has 1 aliphatic heterocycles. The van der Waals surface area contributed by atoms with E-state index in [2.05, 4.69) is 4.74 Å². The van der Waals surface area contributed by atoms with E-state index in [1.54, 1.807) is 0 Å². The molecule has 68 valence electrons. The van der Waals surface area contributed by atoms with Gasteiger partial charge in [0.1, 0.15) is 0 Å². The third kappa shape index (κ3) is 1.96. The molecule has 0 aliphatic carbocycles. The molecule has 0 aromatic rings. The standard InChI is InChI=1S/C8H12O4/c1-5-3-6(8(10)12-5)4-7(9)11-2/h5-6H,3-4H2,1-2H3. The Hall–Kier alpha value is -1.06. The fourth-order valence-electron chi connectivity index (χ4n) is 1.29. The smallest absolute Gasteiger partial charge is 0.309 e. The van der Waals surface area contributed by atoms with Gasteiger partial charge in [0.2, 0.25) is 0 Å². The normalized spacial score (nSPS) is 28.3. The molecule has 0 bridgehead atoms. The van der Waals surface area contributed by atoms with Crippen molar-refractivity contribution >= 4 is 11.9 Å². The molecule has 1 heterocycles. The van der Waals surface area contributed by atoms with Crippen LogP contribution in [0.25, 0.3) is 0 Å². The topological polar surface area (TPSA) is 52.6 Å². The van der Waals surface area contributed by atoms with E-state index in [1.807, 2.05) is 6.92 Å². The number of hydrogen-bond donors (Lipinski definition) is 0. The van der Waals surface area contributed by atoms with E-state index in [1.165, 1.54) is 7.11 Å². The summed E-state index contributed by atoms with van der Waals surface area (Å²) in [6.07, 6.45) is 0.695. The first-order chi connectivity index (χ1) is 5.63. The molecule has 4 nitrogen and oxygen atoms in total. The first-order valence-corrected chi connectivity index (χ1v) is 3.90. The highest BCUT2D eigenvalue weighted by Gasteiger charge is 2.33. The molecule has 1 fully saturated rings. The highest BCUT2D eigenvalue weighted by atomic mass is 16.6. The summed E-state index contributed by atoms with van der Waals surface area (Å²) in [6.45, 7) is 1.81. The van der Waals surface area contributed by atoms with E-state index in [0.717, 1.165) is 0 Å². The van der Waals surface area contributed by atoms with Gasteiger partial charge in [-0.1, -0.05) is 0 Å². The predicted molar refractivity (Wildman–Crippen MR) is 40.3 cm³/mol. The first-order valence-electron chi connectivity index (χ1n) is 3.90. The number of esters is 2. The van der Waals surface area contributed by atoms with Crippen molar-refractivity contribution in [1.29, 1.82) is 0 Å². The van der Waals surface area contributed by atoms with Gasteiger partial charge in [0.15, 0.2) is 0 Å². The summed E-state index contributed by atoms with van der Waals surface area (Å²) < 4.78 is 9.32. The Bertz CT molecular complexity index is 199. The highest BCUT2D eigenvalue weighted by Crippen LogP contribution is 2.23. The van der Waals surface area contributed by atoms with Gasteiger partial charge in [-0.05, 0) is 13.3 Å². The van der Waals surface area contributed by atoms with Gasteiger partial charge in [-0.25, -0.2) is 0 Å². The first kappa shape index (κ1) is 9.03. The molecule has 2 unspecified atom stereocenters. The number of ether oxygens (including phenoxy) is 2. The molecule has 4 heteroatoms. The molecule has 2 atom stereocenters. The highest BCUT2D eigenvalue weighted by molar-refractivity contribution is 5.81. The fourth-order valence-corrected chi connectivity index (χ4v) is 1.29. The summed E-state index contributed by atoms with van der Waals surface area (Å²) in [5, 5.41) is 0. The molecule has 0 spiro atoms. The minimum atomic E-state index is -0.356. The van der Waals surface area contributed by atoms with Crippen molar-refractivity contribution in [2.75, 3.05) is 7.11 Å². The second-order valence-corrected chi connectivity index (χ2v) is 2.96. The van der Waals surface area contributed by atoms with Crippen LogP contribution in [0.1, 0.15) is 19.8 Å². The van der Waals surface area contributed by atoms with Crippen LogP contribution in [-0.4, -0.2) is 25.2 Å². The second-order valence-electron chi connectivity index (χ2n) is 2.96. The number of methoxy groups -OCH3 is 1. The summed E-state index contributed by atoms with van der Waals surface area (Å²) in [6, 6.07) is 0. The molecule has 0 saturated carbocycles. The third-order valence-corrected chi connectivity index (χ3v) is 1.91. The molecule has 0 amide bonds. The Morgan fingerprint density at radius 3 is 2.83 bits per heavy atom. The molecule has 1 saturated heterocycles. The zero-order valence-corrected chi connectivity index (χ0v) is 7.20. The van der Waals surface area contributed by atoms with Crippen LogP contribution in [0.2, 0.25) is 0 Å². The Kier molecular flexibility index (Phi) is 2.68. The maximum atomic E-state index is 11.0. The van der Waals surface area contributed by atoms with Gasteiger partial charge in [-0.2, -0.15) is 0 Å². The summed E-state index contributed by atoms with van der Waals surface area (Å²) in [5.41, 5.74) is 0. The van der Waals surface area contributed by atoms with Gasteiger partial charge in [-0.15, -0.1) is 0 Å². The van der Waals surface area contributed by atoms with Gasteiger partial charge in [0, 0.05) is 0 Å². The molecule has 1 rings (SSSR count). The molecule has 1 aliphatic rings. The van der Waals surface area contributed by atoms with Crippen LogP contribution in [0.4, 0.5) is 0 Å². The minimum Gasteiger partial charge on any atom is -0.469 e. The average molecular weight is 172 g/mol. The molecular weight excluding hydrogens is 160 g/mol. The van der Waals surface area contributed by atoms with Crippen LogP contribution in [0.3, 0.4) is 0 Å². The number of carbonyl (C=O) groups is 2.